The van der Waals surface area contributed by atoms with Crippen molar-refractivity contribution in [2.24, 2.45) is 5.92 Å². The molecule has 5 nitrogen and oxygen atoms in total. The first-order valence-corrected chi connectivity index (χ1v) is 6.25. The molecular weight excluding hydrogens is 230 g/mol. The second-order valence-corrected chi connectivity index (χ2v) is 4.76. The molecule has 1 aromatic heterocycles. The minimum atomic E-state index is -0.0965. The van der Waals surface area contributed by atoms with Gasteiger partial charge in [-0.1, -0.05) is 0 Å². The fourth-order valence-corrected chi connectivity index (χ4v) is 2.20. The maximum Gasteiger partial charge on any atom is 0.308 e. The van der Waals surface area contributed by atoms with Crippen LogP contribution in [0.4, 0.5) is 5.82 Å². The average Bonchev–Trinajstić information content (AvgIpc) is 2.41. The number of anilines is 1. The molecular formula is C13H19N3O2. The number of esters is 1. The molecule has 2 heterocycles. The molecule has 18 heavy (non-hydrogen) atoms. The molecule has 1 saturated heterocycles. The third kappa shape index (κ3) is 2.60. The molecule has 1 fully saturated rings. The molecule has 0 aliphatic carbocycles. The average molecular weight is 249 g/mol. The van der Waals surface area contributed by atoms with Gasteiger partial charge in [-0.05, 0) is 38.3 Å². The molecule has 0 bridgehead atoms. The summed E-state index contributed by atoms with van der Waals surface area (Å²) in [4.78, 5) is 13.6. The largest absolute Gasteiger partial charge is 0.469 e. The number of aromatic nitrogens is 2. The van der Waals surface area contributed by atoms with E-state index in [1.807, 2.05) is 13.8 Å². The van der Waals surface area contributed by atoms with Gasteiger partial charge in [-0.15, -0.1) is 5.10 Å². The molecule has 0 atom stereocenters. The van der Waals surface area contributed by atoms with E-state index in [1.165, 1.54) is 7.11 Å². The van der Waals surface area contributed by atoms with Crippen molar-refractivity contribution in [1.29, 1.82) is 0 Å². The molecule has 1 aliphatic rings. The Kier molecular flexibility index (Phi) is 3.79. The van der Waals surface area contributed by atoms with Crippen LogP contribution in [0.5, 0.6) is 0 Å². The summed E-state index contributed by atoms with van der Waals surface area (Å²) in [6, 6.07) is 2.06. The van der Waals surface area contributed by atoms with Gasteiger partial charge in [-0.3, -0.25) is 4.79 Å². The van der Waals surface area contributed by atoms with Gasteiger partial charge < -0.3 is 9.64 Å². The molecule has 0 amide bonds. The zero-order valence-corrected chi connectivity index (χ0v) is 11.1. The van der Waals surface area contributed by atoms with Crippen LogP contribution in [0.3, 0.4) is 0 Å². The molecule has 2 rings (SSSR count). The lowest BCUT2D eigenvalue weighted by Gasteiger charge is -2.31. The lowest BCUT2D eigenvalue weighted by molar-refractivity contribution is -0.146. The highest BCUT2D eigenvalue weighted by atomic mass is 16.5. The van der Waals surface area contributed by atoms with E-state index in [9.17, 15) is 4.79 Å². The Morgan fingerprint density at radius 3 is 2.56 bits per heavy atom. The fourth-order valence-electron chi connectivity index (χ4n) is 2.20. The van der Waals surface area contributed by atoms with E-state index in [0.29, 0.717) is 0 Å². The Hall–Kier alpha value is -1.65. The highest BCUT2D eigenvalue weighted by Gasteiger charge is 2.26. The van der Waals surface area contributed by atoms with Crippen molar-refractivity contribution in [3.63, 3.8) is 0 Å². The standard InChI is InChI=1S/C13H19N3O2/c1-9-8-12(15-14-10(9)2)16-6-4-11(5-7-16)13(17)18-3/h8,11H,4-7H2,1-3H3. The summed E-state index contributed by atoms with van der Waals surface area (Å²) < 4.78 is 4.78. The molecule has 1 aromatic rings. The molecule has 0 spiro atoms. The highest BCUT2D eigenvalue weighted by Crippen LogP contribution is 2.23. The predicted octanol–water partition coefficient (Wildman–Crippen LogP) is 1.48. The van der Waals surface area contributed by atoms with Gasteiger partial charge in [0.25, 0.3) is 0 Å². The second-order valence-electron chi connectivity index (χ2n) is 4.76. The van der Waals surface area contributed by atoms with Gasteiger partial charge in [0.05, 0.1) is 18.7 Å². The summed E-state index contributed by atoms with van der Waals surface area (Å²) in [5, 5.41) is 8.35. The van der Waals surface area contributed by atoms with Crippen LogP contribution in [0.2, 0.25) is 0 Å². The Balaban J connectivity index is 2.01. The van der Waals surface area contributed by atoms with Crippen LogP contribution in [0.25, 0.3) is 0 Å². The summed E-state index contributed by atoms with van der Waals surface area (Å²) in [7, 11) is 1.45. The fraction of sp³-hybridized carbons (Fsp3) is 0.615. The summed E-state index contributed by atoms with van der Waals surface area (Å²) >= 11 is 0. The Morgan fingerprint density at radius 2 is 2.00 bits per heavy atom. The first-order chi connectivity index (χ1) is 8.61. The summed E-state index contributed by atoms with van der Waals surface area (Å²) in [6.45, 7) is 5.65. The zero-order chi connectivity index (χ0) is 13.1. The highest BCUT2D eigenvalue weighted by molar-refractivity contribution is 5.72. The van der Waals surface area contributed by atoms with Gasteiger partial charge in [-0.2, -0.15) is 5.10 Å². The number of ether oxygens (including phenoxy) is 1. The van der Waals surface area contributed by atoms with Gasteiger partial charge in [0.2, 0.25) is 0 Å². The first kappa shape index (κ1) is 12.8. The van der Waals surface area contributed by atoms with Crippen molar-refractivity contribution in [2.45, 2.75) is 26.7 Å². The van der Waals surface area contributed by atoms with Crippen molar-refractivity contribution < 1.29 is 9.53 Å². The number of nitrogens with zero attached hydrogens (tertiary/aromatic N) is 3. The molecule has 0 radical (unpaired) electrons. The van der Waals surface area contributed by atoms with E-state index < -0.39 is 0 Å². The van der Waals surface area contributed by atoms with Crippen molar-refractivity contribution in [3.8, 4) is 0 Å². The number of carbonyl (C=O) groups is 1. The van der Waals surface area contributed by atoms with Crippen LogP contribution < -0.4 is 4.90 Å². The third-order valence-electron chi connectivity index (χ3n) is 3.57. The minimum absolute atomic E-state index is 0.0331. The van der Waals surface area contributed by atoms with Crippen molar-refractivity contribution in [3.05, 3.63) is 17.3 Å². The topological polar surface area (TPSA) is 55.3 Å². The predicted molar refractivity (Wildman–Crippen MR) is 68.5 cm³/mol. The van der Waals surface area contributed by atoms with Gasteiger partial charge in [0.15, 0.2) is 5.82 Å². The number of carbonyl (C=O) groups excluding carboxylic acids is 1. The smallest absolute Gasteiger partial charge is 0.308 e. The second kappa shape index (κ2) is 5.33. The van der Waals surface area contributed by atoms with E-state index in [1.54, 1.807) is 0 Å². The molecule has 0 aromatic carbocycles. The monoisotopic (exact) mass is 249 g/mol. The number of rotatable bonds is 2. The van der Waals surface area contributed by atoms with Crippen LogP contribution in [0.1, 0.15) is 24.1 Å². The van der Waals surface area contributed by atoms with Gasteiger partial charge in [0.1, 0.15) is 0 Å². The normalized spacial score (nSPS) is 16.7. The minimum Gasteiger partial charge on any atom is -0.469 e. The van der Waals surface area contributed by atoms with Crippen LogP contribution >= 0.6 is 0 Å². The Bertz CT molecular complexity index is 440. The van der Waals surface area contributed by atoms with Gasteiger partial charge in [0, 0.05) is 13.1 Å². The number of hydrogen-bond acceptors (Lipinski definition) is 5. The van der Waals surface area contributed by atoms with E-state index in [0.717, 1.165) is 43.0 Å². The molecule has 0 N–H and O–H groups in total. The third-order valence-corrected chi connectivity index (χ3v) is 3.57. The summed E-state index contributed by atoms with van der Waals surface area (Å²) in [6.07, 6.45) is 1.64. The Labute approximate surface area is 107 Å². The molecule has 98 valence electrons. The van der Waals surface area contributed by atoms with Gasteiger partial charge >= 0.3 is 5.97 Å². The van der Waals surface area contributed by atoms with E-state index >= 15 is 0 Å². The summed E-state index contributed by atoms with van der Waals surface area (Å²) in [5.74, 6) is 0.841. The molecule has 0 unspecified atom stereocenters. The molecule has 0 saturated carbocycles. The number of aryl methyl sites for hydroxylation is 2. The number of hydrogen-bond donors (Lipinski definition) is 0. The summed E-state index contributed by atoms with van der Waals surface area (Å²) in [5.41, 5.74) is 2.11. The van der Waals surface area contributed by atoms with E-state index in [2.05, 4.69) is 21.2 Å². The van der Waals surface area contributed by atoms with Crippen molar-refractivity contribution in [1.82, 2.24) is 10.2 Å². The van der Waals surface area contributed by atoms with Crippen molar-refractivity contribution >= 4 is 11.8 Å². The number of methoxy groups -OCH3 is 1. The maximum absolute atomic E-state index is 11.4. The quantitative estimate of drug-likeness (QED) is 0.743. The van der Waals surface area contributed by atoms with Crippen molar-refractivity contribution in [2.75, 3.05) is 25.1 Å². The first-order valence-electron chi connectivity index (χ1n) is 6.25. The van der Waals surface area contributed by atoms with Crippen LogP contribution in [-0.2, 0) is 9.53 Å². The van der Waals surface area contributed by atoms with Crippen LogP contribution in [0, 0.1) is 19.8 Å². The number of piperidine rings is 1. The Morgan fingerprint density at radius 1 is 1.33 bits per heavy atom. The molecule has 5 heteroatoms. The van der Waals surface area contributed by atoms with E-state index in [-0.39, 0.29) is 11.9 Å². The lowest BCUT2D eigenvalue weighted by atomic mass is 9.97. The lowest BCUT2D eigenvalue weighted by Crippen LogP contribution is -2.37. The van der Waals surface area contributed by atoms with Gasteiger partial charge in [-0.25, -0.2) is 0 Å². The maximum atomic E-state index is 11.4. The van der Waals surface area contributed by atoms with Crippen LogP contribution in [0.15, 0.2) is 6.07 Å². The molecule has 1 aliphatic heterocycles. The van der Waals surface area contributed by atoms with Crippen LogP contribution in [-0.4, -0.2) is 36.4 Å². The SMILES string of the molecule is COC(=O)C1CCN(c2cc(C)c(C)nn2)CC1. The zero-order valence-electron chi connectivity index (χ0n) is 11.1. The van der Waals surface area contributed by atoms with E-state index in [4.69, 9.17) is 4.74 Å².